The molecule has 0 aromatic carbocycles. The number of ether oxygens (including phenoxy) is 2. The summed E-state index contributed by atoms with van der Waals surface area (Å²) in [4.78, 5) is 3.97. The maximum absolute atomic E-state index is 5.99. The van der Waals surface area contributed by atoms with Crippen molar-refractivity contribution in [3.05, 3.63) is 21.9 Å². The lowest BCUT2D eigenvalue weighted by atomic mass is 9.84. The largest absolute Gasteiger partial charge is 0.381 e. The molecule has 1 spiro atoms. The maximum atomic E-state index is 5.99. The molecule has 1 unspecified atom stereocenters. The molecule has 0 bridgehead atoms. The van der Waals surface area contributed by atoms with Crippen LogP contribution in [0.3, 0.4) is 0 Å². The van der Waals surface area contributed by atoms with Crippen LogP contribution < -0.4 is 0 Å². The van der Waals surface area contributed by atoms with Gasteiger partial charge in [-0.3, -0.25) is 4.90 Å². The average Bonchev–Trinajstić information content (AvgIpc) is 2.73. The van der Waals surface area contributed by atoms with Crippen LogP contribution in [0.25, 0.3) is 0 Å². The van der Waals surface area contributed by atoms with E-state index in [0.29, 0.717) is 6.10 Å². The van der Waals surface area contributed by atoms with E-state index in [9.17, 15) is 0 Å². The van der Waals surface area contributed by atoms with Crippen LogP contribution in [0.15, 0.2) is 11.4 Å². The van der Waals surface area contributed by atoms with Crippen molar-refractivity contribution in [2.45, 2.75) is 38.0 Å². The van der Waals surface area contributed by atoms with Gasteiger partial charge in [-0.1, -0.05) is 0 Å². The lowest BCUT2D eigenvalue weighted by Gasteiger charge is -2.53. The molecule has 3 rings (SSSR count). The van der Waals surface area contributed by atoms with Crippen LogP contribution in [0.2, 0.25) is 0 Å². The van der Waals surface area contributed by atoms with E-state index in [0.717, 1.165) is 39.1 Å². The minimum absolute atomic E-state index is 0.0874. The normalized spacial score (nSPS) is 27.3. The van der Waals surface area contributed by atoms with Gasteiger partial charge in [-0.2, -0.15) is 0 Å². The van der Waals surface area contributed by atoms with Crippen LogP contribution in [0, 0.1) is 6.92 Å². The molecule has 0 amide bonds. The summed E-state index contributed by atoms with van der Waals surface area (Å²) in [5.74, 6) is 0. The van der Waals surface area contributed by atoms with Gasteiger partial charge in [0.2, 0.25) is 0 Å². The van der Waals surface area contributed by atoms with E-state index < -0.39 is 0 Å². The molecule has 1 atom stereocenters. The number of nitrogens with zero attached hydrogens (tertiary/aromatic N) is 1. The highest BCUT2D eigenvalue weighted by molar-refractivity contribution is 7.10. The first kappa shape index (κ1) is 12.6. The standard InChI is InChI=1S/C14H21NO2S/c1-11-4-6-18-13(11)8-15-9-14(10-15)7-12(16-2)3-5-17-14/h4,6,12H,3,5,7-10H2,1-2H3. The van der Waals surface area contributed by atoms with Crippen molar-refractivity contribution in [2.24, 2.45) is 0 Å². The zero-order valence-corrected chi connectivity index (χ0v) is 12.0. The minimum Gasteiger partial charge on any atom is -0.381 e. The zero-order chi connectivity index (χ0) is 12.6. The van der Waals surface area contributed by atoms with Gasteiger partial charge in [-0.25, -0.2) is 0 Å². The molecule has 2 aliphatic heterocycles. The van der Waals surface area contributed by atoms with Crippen LogP contribution in [0.1, 0.15) is 23.3 Å². The van der Waals surface area contributed by atoms with Crippen LogP contribution >= 0.6 is 11.3 Å². The highest BCUT2D eigenvalue weighted by Crippen LogP contribution is 2.36. The molecule has 3 nitrogen and oxygen atoms in total. The van der Waals surface area contributed by atoms with Gasteiger partial charge in [-0.05, 0) is 30.4 Å². The SMILES string of the molecule is COC1CCOC2(C1)CN(Cc1sccc1C)C2. The number of likely N-dealkylation sites (tertiary alicyclic amines) is 1. The van der Waals surface area contributed by atoms with Crippen LogP contribution in [-0.4, -0.2) is 43.4 Å². The Morgan fingerprint density at radius 3 is 3.06 bits per heavy atom. The maximum Gasteiger partial charge on any atom is 0.0959 e. The molecular weight excluding hydrogens is 246 g/mol. The second-order valence-electron chi connectivity index (χ2n) is 5.55. The predicted molar refractivity (Wildman–Crippen MR) is 73.0 cm³/mol. The van der Waals surface area contributed by atoms with Crippen molar-refractivity contribution in [3.8, 4) is 0 Å². The third-order valence-corrected chi connectivity index (χ3v) is 5.15. The number of thiophene rings is 1. The lowest BCUT2D eigenvalue weighted by molar-refractivity contribution is -0.195. The molecule has 0 aliphatic carbocycles. The Morgan fingerprint density at radius 2 is 2.39 bits per heavy atom. The molecule has 0 saturated carbocycles. The summed E-state index contributed by atoms with van der Waals surface area (Å²) in [6, 6.07) is 2.20. The Hall–Kier alpha value is -0.420. The summed E-state index contributed by atoms with van der Waals surface area (Å²) in [6.07, 6.45) is 2.50. The summed E-state index contributed by atoms with van der Waals surface area (Å²) >= 11 is 1.86. The summed E-state index contributed by atoms with van der Waals surface area (Å²) in [7, 11) is 1.81. The average molecular weight is 267 g/mol. The van der Waals surface area contributed by atoms with E-state index in [-0.39, 0.29) is 5.60 Å². The Morgan fingerprint density at radius 1 is 1.56 bits per heavy atom. The van der Waals surface area contributed by atoms with Crippen LogP contribution in [-0.2, 0) is 16.0 Å². The van der Waals surface area contributed by atoms with Crippen LogP contribution in [0.5, 0.6) is 0 Å². The van der Waals surface area contributed by atoms with Gasteiger partial charge < -0.3 is 9.47 Å². The van der Waals surface area contributed by atoms with Crippen LogP contribution in [0.4, 0.5) is 0 Å². The molecule has 1 aromatic heterocycles. The second kappa shape index (κ2) is 4.93. The first-order valence-electron chi connectivity index (χ1n) is 6.63. The summed E-state index contributed by atoms with van der Waals surface area (Å²) < 4.78 is 11.5. The van der Waals surface area contributed by atoms with E-state index in [1.54, 1.807) is 0 Å². The molecular formula is C14H21NO2S. The number of hydrogen-bond acceptors (Lipinski definition) is 4. The second-order valence-corrected chi connectivity index (χ2v) is 6.55. The smallest absolute Gasteiger partial charge is 0.0959 e. The zero-order valence-electron chi connectivity index (χ0n) is 11.1. The summed E-state index contributed by atoms with van der Waals surface area (Å²) in [6.45, 7) is 6.24. The molecule has 0 radical (unpaired) electrons. The van der Waals surface area contributed by atoms with Crippen molar-refractivity contribution < 1.29 is 9.47 Å². The van der Waals surface area contributed by atoms with E-state index >= 15 is 0 Å². The van der Waals surface area contributed by atoms with Crippen molar-refractivity contribution >= 4 is 11.3 Å². The van der Waals surface area contributed by atoms with E-state index in [1.165, 1.54) is 10.4 Å². The molecule has 2 saturated heterocycles. The Balaban J connectivity index is 1.55. The number of methoxy groups -OCH3 is 1. The fourth-order valence-electron chi connectivity index (χ4n) is 3.05. The summed E-state index contributed by atoms with van der Waals surface area (Å²) in [5.41, 5.74) is 1.50. The lowest BCUT2D eigenvalue weighted by Crippen LogP contribution is -2.65. The first-order chi connectivity index (χ1) is 8.71. The third-order valence-electron chi connectivity index (χ3n) is 4.14. The third kappa shape index (κ3) is 2.35. The van der Waals surface area contributed by atoms with Gasteiger partial charge >= 0.3 is 0 Å². The number of hydrogen-bond donors (Lipinski definition) is 0. The molecule has 1 aromatic rings. The Kier molecular flexibility index (Phi) is 3.45. The van der Waals surface area contributed by atoms with Crippen molar-refractivity contribution in [3.63, 3.8) is 0 Å². The quantitative estimate of drug-likeness (QED) is 0.839. The molecule has 2 fully saturated rings. The predicted octanol–water partition coefficient (Wildman–Crippen LogP) is 2.44. The molecule has 4 heteroatoms. The molecule has 2 aliphatic rings. The van der Waals surface area contributed by atoms with E-state index in [2.05, 4.69) is 23.3 Å². The molecule has 3 heterocycles. The van der Waals surface area contributed by atoms with Gasteiger partial charge in [0.15, 0.2) is 0 Å². The topological polar surface area (TPSA) is 21.7 Å². The molecule has 18 heavy (non-hydrogen) atoms. The fourth-order valence-corrected chi connectivity index (χ4v) is 4.00. The van der Waals surface area contributed by atoms with Crippen molar-refractivity contribution in [1.82, 2.24) is 4.90 Å². The highest BCUT2D eigenvalue weighted by Gasteiger charge is 2.47. The summed E-state index contributed by atoms with van der Waals surface area (Å²) in [5, 5.41) is 2.18. The minimum atomic E-state index is 0.0874. The fraction of sp³-hybridized carbons (Fsp3) is 0.714. The Labute approximate surface area is 113 Å². The number of rotatable bonds is 3. The Bertz CT molecular complexity index is 412. The van der Waals surface area contributed by atoms with Crippen molar-refractivity contribution in [1.29, 1.82) is 0 Å². The van der Waals surface area contributed by atoms with Gasteiger partial charge in [-0.15, -0.1) is 11.3 Å². The molecule has 100 valence electrons. The monoisotopic (exact) mass is 267 g/mol. The van der Waals surface area contributed by atoms with E-state index in [1.807, 2.05) is 18.4 Å². The van der Waals surface area contributed by atoms with E-state index in [4.69, 9.17) is 9.47 Å². The molecule has 0 N–H and O–H groups in total. The first-order valence-corrected chi connectivity index (χ1v) is 7.51. The van der Waals surface area contributed by atoms with Gasteiger partial charge in [0.05, 0.1) is 11.7 Å². The van der Waals surface area contributed by atoms with Gasteiger partial charge in [0.1, 0.15) is 0 Å². The van der Waals surface area contributed by atoms with Crippen molar-refractivity contribution in [2.75, 3.05) is 26.8 Å². The van der Waals surface area contributed by atoms with Gasteiger partial charge in [0.25, 0.3) is 0 Å². The highest BCUT2D eigenvalue weighted by atomic mass is 32.1. The number of aryl methyl sites for hydroxylation is 1. The van der Waals surface area contributed by atoms with Gasteiger partial charge in [0, 0.05) is 44.6 Å².